The van der Waals surface area contributed by atoms with Crippen LogP contribution < -0.4 is 5.32 Å². The maximum Gasteiger partial charge on any atom is 0.168 e. The minimum Gasteiger partial charge on any atom is -0.388 e. The highest BCUT2D eigenvalue weighted by atomic mass is 16.1. The highest BCUT2D eigenvalue weighted by Gasteiger charge is 2.31. The van der Waals surface area contributed by atoms with Gasteiger partial charge in [-0.05, 0) is 36.5 Å². The van der Waals surface area contributed by atoms with Crippen molar-refractivity contribution in [3.8, 4) is 0 Å². The lowest BCUT2D eigenvalue weighted by molar-refractivity contribution is 0.0878. The Morgan fingerprint density at radius 2 is 2.00 bits per heavy atom. The number of hydrogen-bond acceptors (Lipinski definition) is 2. The molecule has 0 saturated carbocycles. The van der Waals surface area contributed by atoms with Gasteiger partial charge in [-0.25, -0.2) is 0 Å². The van der Waals surface area contributed by atoms with Crippen LogP contribution in [0.1, 0.15) is 35.3 Å². The standard InChI is InChI=1S/C14H19NO/c1-8-5-11-7-9(2)10(3)14(16)13(11)12(6-8)15-4/h5-6,9-10,15H,7H2,1-4H3. The van der Waals surface area contributed by atoms with E-state index >= 15 is 0 Å². The van der Waals surface area contributed by atoms with Crippen molar-refractivity contribution >= 4 is 11.5 Å². The van der Waals surface area contributed by atoms with Crippen LogP contribution in [-0.4, -0.2) is 12.8 Å². The predicted molar refractivity (Wildman–Crippen MR) is 67.1 cm³/mol. The van der Waals surface area contributed by atoms with Crippen molar-refractivity contribution in [3.05, 3.63) is 28.8 Å². The molecule has 0 saturated heterocycles. The summed E-state index contributed by atoms with van der Waals surface area (Å²) in [6.07, 6.45) is 1.01. The first-order chi connectivity index (χ1) is 7.54. The summed E-state index contributed by atoms with van der Waals surface area (Å²) in [6, 6.07) is 4.20. The van der Waals surface area contributed by atoms with E-state index in [9.17, 15) is 4.79 Å². The van der Waals surface area contributed by atoms with Crippen molar-refractivity contribution in [1.29, 1.82) is 0 Å². The molecule has 0 fully saturated rings. The molecular formula is C14H19NO. The zero-order valence-corrected chi connectivity index (χ0v) is 10.4. The van der Waals surface area contributed by atoms with Crippen molar-refractivity contribution in [2.75, 3.05) is 12.4 Å². The summed E-state index contributed by atoms with van der Waals surface area (Å²) in [4.78, 5) is 12.3. The van der Waals surface area contributed by atoms with Crippen molar-refractivity contribution in [2.24, 2.45) is 11.8 Å². The van der Waals surface area contributed by atoms with Crippen LogP contribution in [0.4, 0.5) is 5.69 Å². The summed E-state index contributed by atoms with van der Waals surface area (Å²) in [6.45, 7) is 6.27. The molecule has 2 rings (SSSR count). The van der Waals surface area contributed by atoms with Gasteiger partial charge in [-0.15, -0.1) is 0 Å². The van der Waals surface area contributed by atoms with E-state index in [1.54, 1.807) is 0 Å². The quantitative estimate of drug-likeness (QED) is 0.783. The topological polar surface area (TPSA) is 29.1 Å². The van der Waals surface area contributed by atoms with Crippen molar-refractivity contribution in [3.63, 3.8) is 0 Å². The van der Waals surface area contributed by atoms with Crippen LogP contribution in [0.25, 0.3) is 0 Å². The molecule has 2 nitrogen and oxygen atoms in total. The van der Waals surface area contributed by atoms with Gasteiger partial charge in [-0.2, -0.15) is 0 Å². The van der Waals surface area contributed by atoms with E-state index in [0.29, 0.717) is 5.92 Å². The molecule has 0 aliphatic heterocycles. The summed E-state index contributed by atoms with van der Waals surface area (Å²) in [5.41, 5.74) is 4.33. The number of aryl methyl sites for hydroxylation is 1. The molecule has 16 heavy (non-hydrogen) atoms. The van der Waals surface area contributed by atoms with Gasteiger partial charge in [-0.1, -0.05) is 19.9 Å². The third-order valence-electron chi connectivity index (χ3n) is 3.69. The van der Waals surface area contributed by atoms with Gasteiger partial charge >= 0.3 is 0 Å². The molecule has 0 aromatic heterocycles. The number of benzene rings is 1. The molecule has 1 aromatic carbocycles. The summed E-state index contributed by atoms with van der Waals surface area (Å²) in [5.74, 6) is 0.881. The molecule has 0 spiro atoms. The Labute approximate surface area is 97.1 Å². The third kappa shape index (κ3) is 1.62. The monoisotopic (exact) mass is 217 g/mol. The van der Waals surface area contributed by atoms with Gasteiger partial charge in [-0.3, -0.25) is 4.79 Å². The second kappa shape index (κ2) is 3.93. The number of Topliss-reactive ketones (excluding diaryl/α,β-unsaturated/α-hetero) is 1. The minimum atomic E-state index is 0.141. The minimum absolute atomic E-state index is 0.141. The third-order valence-corrected chi connectivity index (χ3v) is 3.69. The van der Waals surface area contributed by atoms with Gasteiger partial charge in [0.2, 0.25) is 0 Å². The van der Waals surface area contributed by atoms with E-state index in [2.05, 4.69) is 31.3 Å². The number of carbonyl (C=O) groups excluding carboxylic acids is 1. The molecule has 1 aliphatic rings. The van der Waals surface area contributed by atoms with Gasteiger partial charge < -0.3 is 5.32 Å². The molecule has 1 N–H and O–H groups in total. The second-order valence-corrected chi connectivity index (χ2v) is 4.93. The van der Waals surface area contributed by atoms with Crippen LogP contribution in [0.5, 0.6) is 0 Å². The first-order valence-corrected chi connectivity index (χ1v) is 5.90. The van der Waals surface area contributed by atoms with Crippen molar-refractivity contribution < 1.29 is 4.79 Å². The van der Waals surface area contributed by atoms with E-state index in [1.807, 2.05) is 14.0 Å². The van der Waals surface area contributed by atoms with Crippen LogP contribution in [-0.2, 0) is 6.42 Å². The van der Waals surface area contributed by atoms with Crippen LogP contribution in [0.2, 0.25) is 0 Å². The van der Waals surface area contributed by atoms with Gasteiger partial charge in [0.1, 0.15) is 0 Å². The maximum atomic E-state index is 12.3. The molecular weight excluding hydrogens is 198 g/mol. The molecule has 86 valence electrons. The molecule has 1 aliphatic carbocycles. The fourth-order valence-electron chi connectivity index (χ4n) is 2.52. The average Bonchev–Trinajstić information content (AvgIpc) is 2.24. The second-order valence-electron chi connectivity index (χ2n) is 4.93. The zero-order chi connectivity index (χ0) is 11.9. The normalized spacial score (nSPS) is 24.1. The van der Waals surface area contributed by atoms with Crippen LogP contribution in [0.15, 0.2) is 12.1 Å². The number of ketones is 1. The molecule has 1 aromatic rings. The Morgan fingerprint density at radius 3 is 2.62 bits per heavy atom. The molecule has 2 atom stereocenters. The highest BCUT2D eigenvalue weighted by molar-refractivity contribution is 6.05. The van der Waals surface area contributed by atoms with Crippen LogP contribution >= 0.6 is 0 Å². The van der Waals surface area contributed by atoms with Gasteiger partial charge in [0.15, 0.2) is 5.78 Å². The molecule has 0 bridgehead atoms. The lowest BCUT2D eigenvalue weighted by Gasteiger charge is -2.28. The highest BCUT2D eigenvalue weighted by Crippen LogP contribution is 2.34. The van der Waals surface area contributed by atoms with Crippen LogP contribution in [0, 0.1) is 18.8 Å². The predicted octanol–water partition coefficient (Wildman–Crippen LogP) is 3.05. The molecule has 2 unspecified atom stereocenters. The Balaban J connectivity index is 2.60. The number of rotatable bonds is 1. The van der Waals surface area contributed by atoms with Crippen LogP contribution in [0.3, 0.4) is 0 Å². The smallest absolute Gasteiger partial charge is 0.168 e. The molecule has 0 radical (unpaired) electrons. The zero-order valence-electron chi connectivity index (χ0n) is 10.4. The van der Waals surface area contributed by atoms with E-state index in [4.69, 9.17) is 0 Å². The average molecular weight is 217 g/mol. The first kappa shape index (κ1) is 11.2. The van der Waals surface area contributed by atoms with E-state index in [-0.39, 0.29) is 11.7 Å². The van der Waals surface area contributed by atoms with Crippen molar-refractivity contribution in [2.45, 2.75) is 27.2 Å². The van der Waals surface area contributed by atoms with Crippen molar-refractivity contribution in [1.82, 2.24) is 0 Å². The molecule has 0 amide bonds. The molecule has 2 heteroatoms. The van der Waals surface area contributed by atoms with E-state index in [0.717, 1.165) is 17.7 Å². The maximum absolute atomic E-state index is 12.3. The van der Waals surface area contributed by atoms with Gasteiger partial charge in [0, 0.05) is 24.2 Å². The Hall–Kier alpha value is -1.31. The lowest BCUT2D eigenvalue weighted by Crippen LogP contribution is -2.28. The largest absolute Gasteiger partial charge is 0.388 e. The van der Waals surface area contributed by atoms with E-state index in [1.165, 1.54) is 11.1 Å². The summed E-state index contributed by atoms with van der Waals surface area (Å²) >= 11 is 0. The number of nitrogens with one attached hydrogen (secondary N) is 1. The van der Waals surface area contributed by atoms with E-state index < -0.39 is 0 Å². The fourth-order valence-corrected chi connectivity index (χ4v) is 2.52. The number of fused-ring (bicyclic) bond motifs is 1. The first-order valence-electron chi connectivity index (χ1n) is 5.90. The summed E-state index contributed by atoms with van der Waals surface area (Å²) in [7, 11) is 1.88. The Morgan fingerprint density at radius 1 is 1.31 bits per heavy atom. The Kier molecular flexibility index (Phi) is 2.75. The number of carbonyl (C=O) groups is 1. The Bertz CT molecular complexity index is 437. The van der Waals surface area contributed by atoms with Gasteiger partial charge in [0.25, 0.3) is 0 Å². The summed E-state index contributed by atoms with van der Waals surface area (Å²) < 4.78 is 0. The SMILES string of the molecule is CNc1cc(C)cc2c1C(=O)C(C)C(C)C2. The number of hydrogen-bond donors (Lipinski definition) is 1. The number of anilines is 1. The fraction of sp³-hybridized carbons (Fsp3) is 0.500. The lowest BCUT2D eigenvalue weighted by atomic mass is 9.76. The molecule has 0 heterocycles. The summed E-state index contributed by atoms with van der Waals surface area (Å²) in [5, 5.41) is 3.14. The van der Waals surface area contributed by atoms with Gasteiger partial charge in [0.05, 0.1) is 0 Å².